The molecule has 4 nitrogen and oxygen atoms in total. The first-order valence-electron chi connectivity index (χ1n) is 10.9. The van der Waals surface area contributed by atoms with Crippen LogP contribution in [-0.4, -0.2) is 9.97 Å². The van der Waals surface area contributed by atoms with Crippen LogP contribution in [0.3, 0.4) is 0 Å². The maximum Gasteiger partial charge on any atom is 0.206 e. The lowest BCUT2D eigenvalue weighted by Crippen LogP contribution is -2.29. The van der Waals surface area contributed by atoms with Gasteiger partial charge in [0.2, 0.25) is 5.69 Å². The van der Waals surface area contributed by atoms with Crippen LogP contribution in [0.4, 0.5) is 5.69 Å². The van der Waals surface area contributed by atoms with Crippen LogP contribution >= 0.6 is 22.7 Å². The van der Waals surface area contributed by atoms with Gasteiger partial charge in [-0.05, 0) is 92.3 Å². The number of benzene rings is 3. The summed E-state index contributed by atoms with van der Waals surface area (Å²) in [6.45, 7) is 7.48. The fraction of sp³-hybridized carbons (Fsp3) is 0.0714. The molecule has 0 unspecified atom stereocenters. The Morgan fingerprint density at radius 3 is 1.82 bits per heavy atom. The van der Waals surface area contributed by atoms with Gasteiger partial charge in [-0.2, -0.15) is 5.26 Å². The van der Waals surface area contributed by atoms with E-state index in [1.165, 1.54) is 42.4 Å². The molecule has 3 heterocycles. The highest BCUT2D eigenvalue weighted by molar-refractivity contribution is 7.17. The second-order valence-corrected chi connectivity index (χ2v) is 10.7. The Balaban J connectivity index is 1.50. The minimum absolute atomic E-state index is 0.00146. The van der Waals surface area contributed by atoms with E-state index in [2.05, 4.69) is 58.1 Å². The lowest BCUT2D eigenvalue weighted by atomic mass is 9.64. The zero-order chi connectivity index (χ0) is 22.6. The summed E-state index contributed by atoms with van der Waals surface area (Å²) in [6.07, 6.45) is 0. The first-order valence-corrected chi connectivity index (χ1v) is 12.6. The number of rotatable bonds is 0. The van der Waals surface area contributed by atoms with Crippen molar-refractivity contribution in [3.8, 4) is 6.07 Å². The third-order valence-electron chi connectivity index (χ3n) is 7.19. The molecule has 3 aromatic heterocycles. The number of nitriles is 1. The van der Waals surface area contributed by atoms with Crippen molar-refractivity contribution in [1.29, 1.82) is 5.26 Å². The monoisotopic (exact) mass is 468 g/mol. The molecule has 0 spiro atoms. The molecule has 0 radical (unpaired) electrons. The van der Waals surface area contributed by atoms with Gasteiger partial charge in [-0.1, -0.05) is 0 Å². The Morgan fingerprint density at radius 1 is 0.765 bits per heavy atom. The minimum atomic E-state index is 0.00146. The molecule has 0 atom stereocenters. The summed E-state index contributed by atoms with van der Waals surface area (Å²) in [5.41, 5.74) is 9.19. The van der Waals surface area contributed by atoms with E-state index < -0.39 is 0 Å². The summed E-state index contributed by atoms with van der Waals surface area (Å²) in [5, 5.41) is 16.4. The van der Waals surface area contributed by atoms with Crippen molar-refractivity contribution < 1.29 is 0 Å². The normalized spacial score (nSPS) is 17.4. The van der Waals surface area contributed by atoms with Crippen LogP contribution in [0.1, 0.15) is 51.0 Å². The average molecular weight is 469 g/mol. The summed E-state index contributed by atoms with van der Waals surface area (Å²) >= 11 is 3.54. The van der Waals surface area contributed by atoms with Crippen LogP contribution in [0.2, 0.25) is 0 Å². The topological polar surface area (TPSA) is 53.9 Å². The van der Waals surface area contributed by atoms with Gasteiger partial charge in [-0.25, -0.2) is 14.8 Å². The lowest BCUT2D eigenvalue weighted by Gasteiger charge is -2.40. The number of thiophene rings is 2. The molecule has 156 valence electrons. The minimum Gasteiger partial charge on any atom is -0.250 e. The highest BCUT2D eigenvalue weighted by atomic mass is 32.1. The van der Waals surface area contributed by atoms with Crippen molar-refractivity contribution in [2.45, 2.75) is 11.8 Å². The van der Waals surface area contributed by atoms with Gasteiger partial charge in [0, 0.05) is 9.40 Å². The van der Waals surface area contributed by atoms with Crippen LogP contribution in [0, 0.1) is 17.9 Å². The van der Waals surface area contributed by atoms with Crippen molar-refractivity contribution in [2.24, 2.45) is 0 Å². The van der Waals surface area contributed by atoms with Crippen LogP contribution in [0.25, 0.3) is 36.1 Å². The molecule has 6 heteroatoms. The highest BCUT2D eigenvalue weighted by Gasteiger charge is 2.44. The summed E-state index contributed by atoms with van der Waals surface area (Å²) in [7, 11) is 0. The summed E-state index contributed by atoms with van der Waals surface area (Å²) in [4.78, 5) is 13.8. The Labute approximate surface area is 202 Å². The van der Waals surface area contributed by atoms with Gasteiger partial charge in [0.05, 0.1) is 52.5 Å². The average Bonchev–Trinajstić information content (AvgIpc) is 3.52. The van der Waals surface area contributed by atoms with E-state index >= 15 is 0 Å². The fourth-order valence-electron chi connectivity index (χ4n) is 5.74. The molecule has 3 aliphatic rings. The van der Waals surface area contributed by atoms with Gasteiger partial charge in [0.1, 0.15) is 0 Å². The van der Waals surface area contributed by atoms with E-state index in [-0.39, 0.29) is 11.8 Å². The maximum atomic E-state index is 9.53. The Kier molecular flexibility index (Phi) is 3.38. The molecule has 9 rings (SSSR count). The van der Waals surface area contributed by atoms with E-state index in [9.17, 15) is 5.26 Å². The molecule has 0 saturated carbocycles. The molecule has 0 fully saturated rings. The number of aromatic nitrogens is 2. The zero-order valence-electron chi connectivity index (χ0n) is 17.5. The standard InChI is InChI=1S/C28H12N4S2/c1-30-20-11-22-21(8-15(20)12-29)31-27-25-16-6-13-2-4-33-23(13)9-18(16)26(28(27)32-22)19-10-24-14(3-5-34-24)7-17(19)25/h2-11,25-26H. The smallest absolute Gasteiger partial charge is 0.206 e. The molecule has 2 bridgehead atoms. The number of hydrogen-bond donors (Lipinski definition) is 0. The largest absolute Gasteiger partial charge is 0.250 e. The highest BCUT2D eigenvalue weighted by Crippen LogP contribution is 2.56. The van der Waals surface area contributed by atoms with Crippen LogP contribution in [-0.2, 0) is 0 Å². The van der Waals surface area contributed by atoms with E-state index in [1.807, 2.05) is 0 Å². The van der Waals surface area contributed by atoms with Gasteiger partial charge in [-0.3, -0.25) is 0 Å². The van der Waals surface area contributed by atoms with E-state index in [4.69, 9.17) is 16.5 Å². The molecular formula is C28H12N4S2. The van der Waals surface area contributed by atoms with Crippen molar-refractivity contribution in [3.63, 3.8) is 0 Å². The van der Waals surface area contributed by atoms with Gasteiger partial charge in [0.25, 0.3) is 0 Å². The van der Waals surface area contributed by atoms with Gasteiger partial charge in [-0.15, -0.1) is 22.7 Å². The molecule has 3 aromatic carbocycles. The van der Waals surface area contributed by atoms with Crippen molar-refractivity contribution in [2.75, 3.05) is 0 Å². The van der Waals surface area contributed by atoms with Crippen LogP contribution in [0.15, 0.2) is 59.3 Å². The van der Waals surface area contributed by atoms with Gasteiger partial charge >= 0.3 is 0 Å². The Morgan fingerprint density at radius 2 is 1.29 bits per heavy atom. The predicted molar refractivity (Wildman–Crippen MR) is 136 cm³/mol. The third-order valence-corrected chi connectivity index (χ3v) is 8.94. The second-order valence-electron chi connectivity index (χ2n) is 8.82. The van der Waals surface area contributed by atoms with Crippen molar-refractivity contribution in [1.82, 2.24) is 9.97 Å². The van der Waals surface area contributed by atoms with E-state index in [1.54, 1.807) is 34.8 Å². The number of hydrogen-bond acceptors (Lipinski definition) is 5. The summed E-state index contributed by atoms with van der Waals surface area (Å²) in [5.74, 6) is 0.00788. The van der Waals surface area contributed by atoms with E-state index in [0.717, 1.165) is 11.4 Å². The molecule has 0 aliphatic heterocycles. The molecule has 3 aliphatic carbocycles. The molecule has 0 N–H and O–H groups in total. The van der Waals surface area contributed by atoms with Gasteiger partial charge < -0.3 is 0 Å². The number of nitrogens with zero attached hydrogens (tertiary/aromatic N) is 4. The Hall–Kier alpha value is -4.10. The van der Waals surface area contributed by atoms with Crippen LogP contribution in [0.5, 0.6) is 0 Å². The van der Waals surface area contributed by atoms with Crippen molar-refractivity contribution in [3.05, 3.63) is 110 Å². The molecular weight excluding hydrogens is 456 g/mol. The zero-order valence-corrected chi connectivity index (χ0v) is 19.2. The third kappa shape index (κ3) is 2.20. The first-order chi connectivity index (χ1) is 16.7. The molecule has 34 heavy (non-hydrogen) atoms. The summed E-state index contributed by atoms with van der Waals surface area (Å²) in [6, 6.07) is 19.3. The first kappa shape index (κ1) is 18.3. The molecule has 0 saturated heterocycles. The fourth-order valence-corrected chi connectivity index (χ4v) is 7.37. The molecule has 0 amide bonds. The maximum absolute atomic E-state index is 9.53. The summed E-state index contributed by atoms with van der Waals surface area (Å²) < 4.78 is 2.57. The van der Waals surface area contributed by atoms with Crippen LogP contribution < -0.4 is 0 Å². The number of fused-ring (bicyclic) bond motifs is 3. The van der Waals surface area contributed by atoms with Crippen molar-refractivity contribution >= 4 is 59.6 Å². The Bertz CT molecular complexity index is 1750. The van der Waals surface area contributed by atoms with E-state index in [0.29, 0.717) is 22.3 Å². The second kappa shape index (κ2) is 6.27. The van der Waals surface area contributed by atoms with Gasteiger partial charge in [0.15, 0.2) is 0 Å². The predicted octanol–water partition coefficient (Wildman–Crippen LogP) is 7.47. The SMILES string of the molecule is [C-]#[N+]c1cc2nc3c(nc2cc1C#N)C1c2cc4ccsc4cc2C3c2cc3sccc3cc21. The molecule has 6 aromatic rings. The lowest BCUT2D eigenvalue weighted by molar-refractivity contribution is 0.713. The quantitative estimate of drug-likeness (QED) is 0.217.